The lowest BCUT2D eigenvalue weighted by Gasteiger charge is -2.12. The second-order valence-corrected chi connectivity index (χ2v) is 12.1. The third-order valence-electron chi connectivity index (χ3n) is 6.59. The molecule has 0 saturated heterocycles. The standard InChI is InChI=1S/C28H25FN8O2S/c1-37(2)20-11-18(12-30-13-20)22-4-5-23-26(32-22)27(36-35-23)28-33-24-15-31-14-21(25(24)34-28)17-8-16(9-19(29)10-17)6-7-40(3,38)39/h4-5,8-15H,6-7H2,1-3H3,(H,33,34)(H,35,36). The topological polar surface area (TPSA) is 133 Å². The molecule has 0 fully saturated rings. The van der Waals surface area contributed by atoms with Crippen LogP contribution in [-0.2, 0) is 16.3 Å². The number of halogens is 1. The highest BCUT2D eigenvalue weighted by Gasteiger charge is 2.18. The summed E-state index contributed by atoms with van der Waals surface area (Å²) in [4.78, 5) is 23.6. The molecule has 0 saturated carbocycles. The van der Waals surface area contributed by atoms with Crippen molar-refractivity contribution in [1.82, 2.24) is 35.1 Å². The minimum Gasteiger partial charge on any atom is -0.376 e. The quantitative estimate of drug-likeness (QED) is 0.295. The number of sulfone groups is 1. The van der Waals surface area contributed by atoms with Gasteiger partial charge in [-0.25, -0.2) is 22.8 Å². The Bertz CT molecular complexity index is 2000. The molecule has 40 heavy (non-hydrogen) atoms. The van der Waals surface area contributed by atoms with Crippen LogP contribution in [0.2, 0.25) is 0 Å². The lowest BCUT2D eigenvalue weighted by Crippen LogP contribution is -2.08. The largest absolute Gasteiger partial charge is 0.376 e. The molecule has 2 N–H and O–H groups in total. The average Bonchev–Trinajstić information content (AvgIpc) is 3.55. The molecule has 0 aliphatic rings. The van der Waals surface area contributed by atoms with E-state index in [9.17, 15) is 12.8 Å². The van der Waals surface area contributed by atoms with Crippen molar-refractivity contribution in [1.29, 1.82) is 0 Å². The van der Waals surface area contributed by atoms with Crippen LogP contribution in [0.5, 0.6) is 0 Å². The van der Waals surface area contributed by atoms with Crippen LogP contribution >= 0.6 is 0 Å². The van der Waals surface area contributed by atoms with Crippen molar-refractivity contribution in [3.63, 3.8) is 0 Å². The molecule has 0 radical (unpaired) electrons. The molecule has 6 rings (SSSR count). The Morgan fingerprint density at radius 1 is 0.900 bits per heavy atom. The Kier molecular flexibility index (Phi) is 6.26. The van der Waals surface area contributed by atoms with E-state index in [2.05, 4.69) is 25.1 Å². The number of hydrogen-bond donors (Lipinski definition) is 2. The maximum absolute atomic E-state index is 14.6. The zero-order chi connectivity index (χ0) is 28.0. The lowest BCUT2D eigenvalue weighted by atomic mass is 10.0. The second-order valence-electron chi connectivity index (χ2n) is 9.89. The predicted octanol–water partition coefficient (Wildman–Crippen LogP) is 4.42. The Labute approximate surface area is 229 Å². The van der Waals surface area contributed by atoms with Gasteiger partial charge in [-0.05, 0) is 47.9 Å². The Morgan fingerprint density at radius 2 is 1.73 bits per heavy atom. The molecule has 0 atom stereocenters. The average molecular weight is 557 g/mol. The molecule has 12 heteroatoms. The summed E-state index contributed by atoms with van der Waals surface area (Å²) >= 11 is 0. The highest BCUT2D eigenvalue weighted by atomic mass is 32.2. The number of nitrogens with one attached hydrogen (secondary N) is 2. The summed E-state index contributed by atoms with van der Waals surface area (Å²) in [6, 6.07) is 10.4. The molecule has 1 aromatic carbocycles. The minimum atomic E-state index is -3.19. The minimum absolute atomic E-state index is 0.0678. The van der Waals surface area contributed by atoms with Crippen molar-refractivity contribution >= 4 is 37.6 Å². The highest BCUT2D eigenvalue weighted by Crippen LogP contribution is 2.32. The molecule has 0 unspecified atom stereocenters. The van der Waals surface area contributed by atoms with Gasteiger partial charge in [-0.1, -0.05) is 6.07 Å². The van der Waals surface area contributed by atoms with E-state index in [1.807, 2.05) is 37.2 Å². The van der Waals surface area contributed by atoms with Gasteiger partial charge in [-0.2, -0.15) is 5.10 Å². The van der Waals surface area contributed by atoms with Crippen LogP contribution in [0, 0.1) is 5.82 Å². The molecule has 0 amide bonds. The summed E-state index contributed by atoms with van der Waals surface area (Å²) < 4.78 is 37.8. The molecule has 202 valence electrons. The monoisotopic (exact) mass is 556 g/mol. The number of aryl methyl sites for hydroxylation is 1. The first-order valence-electron chi connectivity index (χ1n) is 12.4. The molecule has 0 spiro atoms. The fourth-order valence-electron chi connectivity index (χ4n) is 4.55. The molecule has 5 heterocycles. The lowest BCUT2D eigenvalue weighted by molar-refractivity contribution is 0.600. The van der Waals surface area contributed by atoms with Crippen molar-refractivity contribution in [2.45, 2.75) is 6.42 Å². The molecule has 0 aliphatic heterocycles. The van der Waals surface area contributed by atoms with Crippen molar-refractivity contribution in [3.8, 4) is 33.9 Å². The first-order valence-corrected chi connectivity index (χ1v) is 14.5. The smallest absolute Gasteiger partial charge is 0.161 e. The molecule has 10 nitrogen and oxygen atoms in total. The van der Waals surface area contributed by atoms with Gasteiger partial charge in [-0.15, -0.1) is 0 Å². The van der Waals surface area contributed by atoms with Gasteiger partial charge in [0, 0.05) is 43.9 Å². The number of anilines is 1. The van der Waals surface area contributed by atoms with E-state index in [1.54, 1.807) is 30.9 Å². The fraction of sp³-hybridized carbons (Fsp3) is 0.179. The second kappa shape index (κ2) is 9.79. The van der Waals surface area contributed by atoms with Gasteiger partial charge >= 0.3 is 0 Å². The van der Waals surface area contributed by atoms with Crippen LogP contribution < -0.4 is 4.90 Å². The number of nitrogens with zero attached hydrogens (tertiary/aromatic N) is 6. The number of pyridine rings is 3. The molecule has 0 aliphatic carbocycles. The van der Waals surface area contributed by atoms with Crippen LogP contribution in [0.25, 0.3) is 56.0 Å². The summed E-state index contributed by atoms with van der Waals surface area (Å²) in [6.45, 7) is 0. The summed E-state index contributed by atoms with van der Waals surface area (Å²) in [5.74, 6) is -0.0487. The van der Waals surface area contributed by atoms with Gasteiger partial charge in [-0.3, -0.25) is 15.1 Å². The van der Waals surface area contributed by atoms with Crippen LogP contribution in [-0.4, -0.2) is 69.6 Å². The molecular weight excluding hydrogens is 531 g/mol. The number of rotatable bonds is 7. The molecule has 5 aromatic heterocycles. The van der Waals surface area contributed by atoms with E-state index < -0.39 is 15.7 Å². The summed E-state index contributed by atoms with van der Waals surface area (Å²) in [7, 11) is 0.722. The summed E-state index contributed by atoms with van der Waals surface area (Å²) in [6.07, 6.45) is 8.19. The van der Waals surface area contributed by atoms with Crippen LogP contribution in [0.15, 0.2) is 61.2 Å². The van der Waals surface area contributed by atoms with E-state index in [-0.39, 0.29) is 12.2 Å². The van der Waals surface area contributed by atoms with Gasteiger partial charge in [0.15, 0.2) is 11.5 Å². The van der Waals surface area contributed by atoms with Crippen molar-refractivity contribution < 1.29 is 12.8 Å². The fourth-order valence-corrected chi connectivity index (χ4v) is 5.15. The maximum atomic E-state index is 14.6. The number of aromatic amines is 2. The first kappa shape index (κ1) is 25.6. The van der Waals surface area contributed by atoms with Gasteiger partial charge in [0.05, 0.1) is 46.1 Å². The summed E-state index contributed by atoms with van der Waals surface area (Å²) in [5.41, 5.74) is 7.45. The van der Waals surface area contributed by atoms with Crippen LogP contribution in [0.1, 0.15) is 5.56 Å². The molecule has 6 aromatic rings. The number of aromatic nitrogens is 7. The van der Waals surface area contributed by atoms with Gasteiger partial charge < -0.3 is 9.88 Å². The Hall–Kier alpha value is -4.71. The molecular formula is C28H25FN8O2S. The van der Waals surface area contributed by atoms with Gasteiger partial charge in [0.2, 0.25) is 0 Å². The zero-order valence-electron chi connectivity index (χ0n) is 22.0. The highest BCUT2D eigenvalue weighted by molar-refractivity contribution is 7.90. The van der Waals surface area contributed by atoms with Crippen LogP contribution in [0.3, 0.4) is 0 Å². The number of fused-ring (bicyclic) bond motifs is 2. The van der Waals surface area contributed by atoms with Crippen molar-refractivity contribution in [3.05, 3.63) is 72.6 Å². The van der Waals surface area contributed by atoms with E-state index in [1.165, 1.54) is 12.1 Å². The Morgan fingerprint density at radius 3 is 2.52 bits per heavy atom. The van der Waals surface area contributed by atoms with E-state index in [0.29, 0.717) is 44.8 Å². The van der Waals surface area contributed by atoms with Gasteiger partial charge in [0.25, 0.3) is 0 Å². The zero-order valence-corrected chi connectivity index (χ0v) is 22.8. The van der Waals surface area contributed by atoms with Gasteiger partial charge in [0.1, 0.15) is 21.2 Å². The third-order valence-corrected chi connectivity index (χ3v) is 7.54. The molecule has 0 bridgehead atoms. The van der Waals surface area contributed by atoms with E-state index in [0.717, 1.165) is 28.7 Å². The Balaban J connectivity index is 1.42. The van der Waals surface area contributed by atoms with Crippen molar-refractivity contribution in [2.75, 3.05) is 31.0 Å². The third kappa shape index (κ3) is 5.00. The van der Waals surface area contributed by atoms with E-state index >= 15 is 0 Å². The number of hydrogen-bond acceptors (Lipinski definition) is 8. The first-order chi connectivity index (χ1) is 19.1. The van der Waals surface area contributed by atoms with Crippen LogP contribution in [0.4, 0.5) is 10.1 Å². The number of benzene rings is 1. The maximum Gasteiger partial charge on any atom is 0.161 e. The SMILES string of the molecule is CN(C)c1cncc(-c2ccc3[nH]nc(-c4nc5c(-c6cc(F)cc(CCS(C)(=O)=O)c6)cncc5[nH]4)c3n2)c1. The predicted molar refractivity (Wildman–Crippen MR) is 153 cm³/mol. The summed E-state index contributed by atoms with van der Waals surface area (Å²) in [5, 5.41) is 7.49. The normalized spacial score (nSPS) is 11.9. The van der Waals surface area contributed by atoms with E-state index in [4.69, 9.17) is 9.97 Å². The number of H-pyrrole nitrogens is 2. The van der Waals surface area contributed by atoms with Crippen molar-refractivity contribution in [2.24, 2.45) is 0 Å². The number of imidazole rings is 1.